The molecule has 0 bridgehead atoms. The topological polar surface area (TPSA) is 78.9 Å². The molecule has 6 heteroatoms. The Balaban J connectivity index is 4.22. The van der Waals surface area contributed by atoms with Gasteiger partial charge in [-0.25, -0.2) is 0 Å². The highest BCUT2D eigenvalue weighted by molar-refractivity contribution is 5.71. The second kappa shape index (κ2) is 56.2. The van der Waals surface area contributed by atoms with Gasteiger partial charge in [-0.05, 0) is 96.3 Å². The van der Waals surface area contributed by atoms with Crippen LogP contribution in [-0.2, 0) is 28.6 Å². The highest BCUT2D eigenvalue weighted by atomic mass is 16.6. The number of allylic oxidation sites excluding steroid dienone is 14. The molecule has 6 nitrogen and oxygen atoms in total. The fraction of sp³-hybridized carbons (Fsp3) is 0.726. The molecule has 0 radical (unpaired) electrons. The van der Waals surface area contributed by atoms with Crippen LogP contribution in [0.3, 0.4) is 0 Å². The maximum absolute atomic E-state index is 12.8. The van der Waals surface area contributed by atoms with Crippen LogP contribution in [0, 0.1) is 0 Å². The molecule has 1 atom stereocenters. The maximum Gasteiger partial charge on any atom is 0.306 e. The number of carbonyl (C=O) groups excluding carboxylic acids is 3. The van der Waals surface area contributed by atoms with E-state index < -0.39 is 6.10 Å². The summed E-state index contributed by atoms with van der Waals surface area (Å²) in [7, 11) is 0. The minimum Gasteiger partial charge on any atom is -0.462 e. The maximum atomic E-state index is 12.8. The van der Waals surface area contributed by atoms with Gasteiger partial charge in [0.25, 0.3) is 0 Å². The van der Waals surface area contributed by atoms with Crippen molar-refractivity contribution in [2.24, 2.45) is 0 Å². The van der Waals surface area contributed by atoms with Crippen molar-refractivity contribution >= 4 is 17.9 Å². The Morgan fingerprint density at radius 3 is 0.941 bits per heavy atom. The molecular weight excluding hydrogens is 841 g/mol. The quantitative estimate of drug-likeness (QED) is 0.0262. The number of esters is 3. The summed E-state index contributed by atoms with van der Waals surface area (Å²) in [4.78, 5) is 37.9. The molecule has 0 aromatic carbocycles. The first-order valence-corrected chi connectivity index (χ1v) is 28.6. The van der Waals surface area contributed by atoms with E-state index in [1.807, 2.05) is 0 Å². The average Bonchev–Trinajstić information content (AvgIpc) is 3.34. The zero-order valence-corrected chi connectivity index (χ0v) is 44.6. The van der Waals surface area contributed by atoms with Crippen LogP contribution in [0.4, 0.5) is 0 Å². The van der Waals surface area contributed by atoms with Crippen molar-refractivity contribution in [2.75, 3.05) is 13.2 Å². The number of rotatable bonds is 51. The van der Waals surface area contributed by atoms with Gasteiger partial charge in [-0.15, -0.1) is 0 Å². The Labute approximate surface area is 420 Å². The zero-order valence-electron chi connectivity index (χ0n) is 44.6. The van der Waals surface area contributed by atoms with E-state index in [2.05, 4.69) is 106 Å². The number of carbonyl (C=O) groups is 3. The van der Waals surface area contributed by atoms with Crippen LogP contribution >= 0.6 is 0 Å². The van der Waals surface area contributed by atoms with Gasteiger partial charge in [0.2, 0.25) is 0 Å². The third-order valence-electron chi connectivity index (χ3n) is 12.1. The van der Waals surface area contributed by atoms with E-state index in [-0.39, 0.29) is 37.5 Å². The summed E-state index contributed by atoms with van der Waals surface area (Å²) in [6, 6.07) is 0. The second-order valence-corrected chi connectivity index (χ2v) is 18.8. The Bertz CT molecular complexity index is 1320. The van der Waals surface area contributed by atoms with E-state index in [9.17, 15) is 14.4 Å². The summed E-state index contributed by atoms with van der Waals surface area (Å²) in [5.41, 5.74) is 0. The summed E-state index contributed by atoms with van der Waals surface area (Å²) in [5, 5.41) is 0. The van der Waals surface area contributed by atoms with Gasteiger partial charge in [0, 0.05) is 19.3 Å². The van der Waals surface area contributed by atoms with Crippen molar-refractivity contribution < 1.29 is 28.6 Å². The minimum absolute atomic E-state index is 0.0938. The predicted molar refractivity (Wildman–Crippen MR) is 293 cm³/mol. The number of ether oxygens (including phenoxy) is 3. The molecule has 0 amide bonds. The Morgan fingerprint density at radius 1 is 0.309 bits per heavy atom. The first-order chi connectivity index (χ1) is 33.5. The minimum atomic E-state index is -0.797. The molecule has 0 aromatic rings. The van der Waals surface area contributed by atoms with Gasteiger partial charge in [0.15, 0.2) is 6.10 Å². The molecule has 0 aromatic heterocycles. The van der Waals surface area contributed by atoms with Gasteiger partial charge in [-0.1, -0.05) is 241 Å². The van der Waals surface area contributed by atoms with E-state index >= 15 is 0 Å². The number of unbranched alkanes of at least 4 members (excludes halogenated alkanes) is 26. The standard InChI is InChI=1S/C62H106O6/c1-4-7-10-13-16-18-20-22-24-26-28-30-31-33-34-36-38-40-42-44-46-49-52-55-61(64)67-58-59(57-66-60(63)54-51-48-15-12-9-6-3)68-62(65)56-53-50-47-45-43-41-39-37-35-32-29-27-25-23-21-19-17-14-11-8-5-2/h8,11,17,19,23,25-26,28-29,32,37,39,43,45,59H,4-7,9-10,12-16,18,20-22,24,27,30-31,33-36,38,40-42,44,46-58H2,1-3H3/b11-8-,19-17-,25-23-,28-26-,32-29-,39-37-,45-43-. The van der Waals surface area contributed by atoms with E-state index in [0.29, 0.717) is 19.3 Å². The average molecular weight is 948 g/mol. The van der Waals surface area contributed by atoms with Crippen molar-refractivity contribution in [1.82, 2.24) is 0 Å². The van der Waals surface area contributed by atoms with Gasteiger partial charge < -0.3 is 14.2 Å². The summed E-state index contributed by atoms with van der Waals surface area (Å²) >= 11 is 0. The predicted octanol–water partition coefficient (Wildman–Crippen LogP) is 19.2. The van der Waals surface area contributed by atoms with Crippen molar-refractivity contribution in [3.8, 4) is 0 Å². The van der Waals surface area contributed by atoms with Crippen LogP contribution in [-0.4, -0.2) is 37.2 Å². The SMILES string of the molecule is CC/C=C\C/C=C\C/C=C\C/C=C\C/C=C\C/C=C\CCCCC(=O)OC(COC(=O)CCCCCCCC)COC(=O)CCCCCCCCCCCCC/C=C\CCCCCCCCCC. The molecule has 68 heavy (non-hydrogen) atoms. The van der Waals surface area contributed by atoms with E-state index in [0.717, 1.165) is 89.9 Å². The molecule has 0 fully saturated rings. The third kappa shape index (κ3) is 53.5. The highest BCUT2D eigenvalue weighted by Gasteiger charge is 2.19. The second-order valence-electron chi connectivity index (χ2n) is 18.8. The van der Waals surface area contributed by atoms with Crippen molar-refractivity contribution in [3.63, 3.8) is 0 Å². The molecule has 0 N–H and O–H groups in total. The molecule has 0 saturated carbocycles. The van der Waals surface area contributed by atoms with Crippen LogP contribution in [0.1, 0.15) is 271 Å². The lowest BCUT2D eigenvalue weighted by molar-refractivity contribution is -0.167. The summed E-state index contributed by atoms with van der Waals surface area (Å²) < 4.78 is 16.7. The van der Waals surface area contributed by atoms with Crippen LogP contribution in [0.15, 0.2) is 85.1 Å². The molecule has 0 aliphatic rings. The van der Waals surface area contributed by atoms with E-state index in [1.165, 1.54) is 135 Å². The monoisotopic (exact) mass is 947 g/mol. The van der Waals surface area contributed by atoms with Crippen molar-refractivity contribution in [3.05, 3.63) is 85.1 Å². The van der Waals surface area contributed by atoms with Crippen LogP contribution in [0.25, 0.3) is 0 Å². The first-order valence-electron chi connectivity index (χ1n) is 28.6. The van der Waals surface area contributed by atoms with Gasteiger partial charge in [0.1, 0.15) is 13.2 Å². The molecule has 0 rings (SSSR count). The number of hydrogen-bond acceptors (Lipinski definition) is 6. The molecule has 1 unspecified atom stereocenters. The number of hydrogen-bond donors (Lipinski definition) is 0. The molecule has 0 heterocycles. The lowest BCUT2D eigenvalue weighted by Crippen LogP contribution is -2.30. The summed E-state index contributed by atoms with van der Waals surface area (Å²) in [5.74, 6) is -0.945. The van der Waals surface area contributed by atoms with Crippen LogP contribution < -0.4 is 0 Å². The molecule has 0 spiro atoms. The lowest BCUT2D eigenvalue weighted by atomic mass is 10.0. The Kier molecular flexibility index (Phi) is 53.4. The van der Waals surface area contributed by atoms with Crippen LogP contribution in [0.2, 0.25) is 0 Å². The molecular formula is C62H106O6. The Hall–Kier alpha value is -3.41. The van der Waals surface area contributed by atoms with E-state index in [1.54, 1.807) is 0 Å². The normalized spacial score (nSPS) is 12.7. The van der Waals surface area contributed by atoms with Crippen molar-refractivity contribution in [1.29, 1.82) is 0 Å². The van der Waals surface area contributed by atoms with Gasteiger partial charge >= 0.3 is 17.9 Å². The van der Waals surface area contributed by atoms with Gasteiger partial charge in [-0.3, -0.25) is 14.4 Å². The van der Waals surface area contributed by atoms with Gasteiger partial charge in [-0.2, -0.15) is 0 Å². The molecule has 0 aliphatic carbocycles. The van der Waals surface area contributed by atoms with Crippen LogP contribution in [0.5, 0.6) is 0 Å². The third-order valence-corrected chi connectivity index (χ3v) is 12.1. The zero-order chi connectivity index (χ0) is 49.3. The van der Waals surface area contributed by atoms with Crippen molar-refractivity contribution in [2.45, 2.75) is 277 Å². The molecule has 0 saturated heterocycles. The smallest absolute Gasteiger partial charge is 0.306 e. The Morgan fingerprint density at radius 2 is 0.574 bits per heavy atom. The highest BCUT2D eigenvalue weighted by Crippen LogP contribution is 2.15. The fourth-order valence-corrected chi connectivity index (χ4v) is 7.85. The summed E-state index contributed by atoms with van der Waals surface area (Å²) in [6.07, 6.45) is 73.3. The van der Waals surface area contributed by atoms with E-state index in [4.69, 9.17) is 14.2 Å². The fourth-order valence-electron chi connectivity index (χ4n) is 7.85. The molecule has 390 valence electrons. The largest absolute Gasteiger partial charge is 0.462 e. The molecule has 0 aliphatic heterocycles. The summed E-state index contributed by atoms with van der Waals surface area (Å²) in [6.45, 7) is 6.44. The first kappa shape index (κ1) is 64.6. The van der Waals surface area contributed by atoms with Gasteiger partial charge in [0.05, 0.1) is 0 Å². The lowest BCUT2D eigenvalue weighted by Gasteiger charge is -2.18.